The van der Waals surface area contributed by atoms with Crippen molar-refractivity contribution in [1.29, 1.82) is 10.5 Å². The molecule has 28 heteroatoms. The fourth-order valence-electron chi connectivity index (χ4n) is 15.9. The highest BCUT2D eigenvalue weighted by Crippen LogP contribution is 2.59. The summed E-state index contributed by atoms with van der Waals surface area (Å²) in [6.45, 7) is 24.3. The molecule has 8 aliphatic rings. The maximum atomic E-state index is 13.7. The summed E-state index contributed by atoms with van der Waals surface area (Å²) in [6.07, 6.45) is 0.0636. The van der Waals surface area contributed by atoms with Gasteiger partial charge in [0.25, 0.3) is 0 Å². The van der Waals surface area contributed by atoms with E-state index in [9.17, 15) is 49.5 Å². The molecule has 0 spiro atoms. The van der Waals surface area contributed by atoms with Gasteiger partial charge in [-0.15, -0.1) is 0 Å². The fourth-order valence-corrected chi connectivity index (χ4v) is 15.9. The first-order chi connectivity index (χ1) is 47.8. The zero-order valence-electron chi connectivity index (χ0n) is 61.6. The summed E-state index contributed by atoms with van der Waals surface area (Å²) in [5.41, 5.74) is 6.28. The SMILES string of the molecule is CC.COCOc1c(OC)c(C)cc2c1[C@@H]1C3CC4=C(C(=O)C(=O)C(C)=C4O)[C@H](CNC(=O)[C@@H](C)NC(=O)OC(C)(C)C)N3[C@@H](C#N)[C@H](C2)N1C.COCOc1c(OC)c(C)cc2c1[C@@H]1C3Cc4c(O)c(C)c5c(c4[C@H](CNC(=O)[C@H](C)NC(=O)OC(C)(C)C)N3[C@@H](C#N)[C@H](C2)N1C)OCO5. The standard InChI is InChI=1S/C36H47N5O9.C35H45N5O9.C2H6/c1-17-10-20-11-22-24(13-37)41-23(28(40(22)7)26(20)32(30(17)46-9)47-15-45-8)12-21-27(33-31(48-16-49-33)18(2)29(21)42)25(41)14-38-34(43)19(3)39-35(44)50-36(4,5)6;1-16-10-19-11-21-23(13-36)40-22(27(39(21)7)25(19)32(31(16)47-9)48-15-46-8)12-20-26(30(43)29(42)17(2)28(20)41)24(40)14-37-33(44)18(3)38-34(45)49-35(4,5)6;1-2/h10,19,22-25,28,42H,11-12,14-16H2,1-9H3,(H,38,43)(H,39,44);10,18,21-24,27,41H,11-12,14-15H2,1-9H3,(H,37,44)(H,38,45);1-2H3/t19-,22-,23?,24-,25-,28-;18-,21+,22?,23+,24+,27+;/m01./s1. The number of piperazine rings is 2. The molecule has 548 valence electrons. The van der Waals surface area contributed by atoms with Gasteiger partial charge in [-0.3, -0.25) is 38.8 Å². The molecular formula is C73H98N10O18. The number of hydrogen-bond acceptors (Lipinski definition) is 24. The fraction of sp³-hybridized carbons (Fsp3) is 0.589. The van der Waals surface area contributed by atoms with Crippen molar-refractivity contribution in [2.75, 3.05) is 76.0 Å². The third kappa shape index (κ3) is 14.3. The quantitative estimate of drug-likeness (QED) is 0.0473. The Labute approximate surface area is 590 Å². The topological polar surface area (TPSA) is 344 Å². The lowest BCUT2D eigenvalue weighted by atomic mass is 9.70. The molecule has 2 unspecified atom stereocenters. The van der Waals surface area contributed by atoms with Crippen molar-refractivity contribution in [3.8, 4) is 52.4 Å². The van der Waals surface area contributed by atoms with E-state index in [1.165, 1.54) is 21.0 Å². The number of aliphatic hydroxyl groups is 1. The zero-order valence-corrected chi connectivity index (χ0v) is 61.6. The normalized spacial score (nSPS) is 24.6. The van der Waals surface area contributed by atoms with Crippen molar-refractivity contribution in [2.24, 2.45) is 0 Å². The van der Waals surface area contributed by atoms with Gasteiger partial charge in [0.05, 0.1) is 50.5 Å². The molecule has 4 amide bonds. The lowest BCUT2D eigenvalue weighted by Crippen LogP contribution is -2.71. The molecule has 7 heterocycles. The van der Waals surface area contributed by atoms with Gasteiger partial charge in [0.2, 0.25) is 30.2 Å². The second-order valence-electron chi connectivity index (χ2n) is 28.4. The predicted octanol–water partition coefficient (Wildman–Crippen LogP) is 7.10. The summed E-state index contributed by atoms with van der Waals surface area (Å²) >= 11 is 0. The highest BCUT2D eigenvalue weighted by Gasteiger charge is 2.60. The van der Waals surface area contributed by atoms with Crippen LogP contribution >= 0.6 is 0 Å². The number of ether oxygens (including phenoxy) is 10. The average Bonchev–Trinajstić information content (AvgIpc) is 0.904. The Hall–Kier alpha value is -8.90. The van der Waals surface area contributed by atoms with Crippen LogP contribution < -0.4 is 49.7 Å². The molecule has 3 aromatic carbocycles. The molecule has 1 aliphatic carbocycles. The monoisotopic (exact) mass is 1400 g/mol. The van der Waals surface area contributed by atoms with Crippen molar-refractivity contribution in [3.63, 3.8) is 0 Å². The minimum absolute atomic E-state index is 0.0117. The number of phenolic OH excluding ortho intramolecular Hbond substituents is 1. The number of rotatable bonds is 16. The number of nitrogens with one attached hydrogen (secondary N) is 4. The number of aliphatic hydroxyl groups excluding tert-OH is 1. The Bertz CT molecular complexity index is 3920. The maximum absolute atomic E-state index is 13.7. The number of amides is 4. The number of phenols is 1. The Morgan fingerprint density at radius 1 is 0.624 bits per heavy atom. The van der Waals surface area contributed by atoms with Gasteiger partial charge in [-0.25, -0.2) is 9.59 Å². The van der Waals surface area contributed by atoms with Gasteiger partial charge < -0.3 is 78.8 Å². The summed E-state index contributed by atoms with van der Waals surface area (Å²) in [4.78, 5) is 87.0. The van der Waals surface area contributed by atoms with Crippen LogP contribution in [0.2, 0.25) is 0 Å². The van der Waals surface area contributed by atoms with Crippen LogP contribution in [0.3, 0.4) is 0 Å². The number of benzene rings is 3. The summed E-state index contributed by atoms with van der Waals surface area (Å²) in [5.74, 6) is 0.359. The highest BCUT2D eigenvalue weighted by molar-refractivity contribution is 6.50. The third-order valence-corrected chi connectivity index (χ3v) is 20.0. The van der Waals surface area contributed by atoms with Crippen molar-refractivity contribution >= 4 is 35.6 Å². The van der Waals surface area contributed by atoms with Gasteiger partial charge in [0.15, 0.2) is 48.1 Å². The first-order valence-corrected chi connectivity index (χ1v) is 34.1. The van der Waals surface area contributed by atoms with Crippen LogP contribution in [0, 0.1) is 43.4 Å². The zero-order chi connectivity index (χ0) is 74.3. The minimum Gasteiger partial charge on any atom is -0.507 e. The summed E-state index contributed by atoms with van der Waals surface area (Å²) in [6, 6.07) is 2.23. The molecule has 2 fully saturated rings. The second-order valence-corrected chi connectivity index (χ2v) is 28.4. The second kappa shape index (κ2) is 30.4. The molecule has 0 radical (unpaired) electrons. The van der Waals surface area contributed by atoms with Crippen LogP contribution in [0.5, 0.6) is 40.2 Å². The van der Waals surface area contributed by atoms with E-state index in [1.807, 2.05) is 52.8 Å². The van der Waals surface area contributed by atoms with E-state index in [2.05, 4.69) is 54.2 Å². The lowest BCUT2D eigenvalue weighted by Gasteiger charge is -2.60. The number of nitriles is 2. The average molecular weight is 1400 g/mol. The molecule has 6 N–H and O–H groups in total. The van der Waals surface area contributed by atoms with E-state index in [4.69, 9.17) is 47.4 Å². The number of fused-ring (bicyclic) bond motifs is 15. The Kier molecular flexibility index (Phi) is 22.9. The number of hydrogen-bond donors (Lipinski definition) is 6. The maximum Gasteiger partial charge on any atom is 0.408 e. The van der Waals surface area contributed by atoms with Crippen LogP contribution in [0.15, 0.2) is 34.6 Å². The van der Waals surface area contributed by atoms with Crippen molar-refractivity contribution in [3.05, 3.63) is 84.7 Å². The number of methoxy groups -OCH3 is 4. The molecule has 0 saturated carbocycles. The van der Waals surface area contributed by atoms with E-state index in [-0.39, 0.29) is 86.7 Å². The third-order valence-electron chi connectivity index (χ3n) is 20.0. The molecule has 101 heavy (non-hydrogen) atoms. The molecule has 3 aromatic rings. The Morgan fingerprint density at radius 2 is 1.06 bits per heavy atom. The largest absolute Gasteiger partial charge is 0.507 e. The lowest BCUT2D eigenvalue weighted by molar-refractivity contribution is -0.134. The number of Topliss-reactive ketones (excluding diaryl/α,β-unsaturated/α-hetero) is 2. The van der Waals surface area contributed by atoms with Gasteiger partial charge in [-0.1, -0.05) is 26.0 Å². The van der Waals surface area contributed by atoms with Gasteiger partial charge in [-0.2, -0.15) is 10.5 Å². The summed E-state index contributed by atoms with van der Waals surface area (Å²) in [7, 11) is 10.2. The van der Waals surface area contributed by atoms with Crippen LogP contribution in [0.1, 0.15) is 151 Å². The van der Waals surface area contributed by atoms with Gasteiger partial charge in [-0.05, 0) is 145 Å². The molecular weight excluding hydrogens is 1300 g/mol. The first-order valence-electron chi connectivity index (χ1n) is 34.1. The predicted molar refractivity (Wildman–Crippen MR) is 368 cm³/mol. The molecule has 7 aliphatic heterocycles. The minimum atomic E-state index is -1.01. The van der Waals surface area contributed by atoms with Crippen molar-refractivity contribution < 1.29 is 86.3 Å². The summed E-state index contributed by atoms with van der Waals surface area (Å²) < 4.78 is 57.2. The highest BCUT2D eigenvalue weighted by atomic mass is 16.7. The Morgan fingerprint density at radius 3 is 1.50 bits per heavy atom. The molecule has 2 saturated heterocycles. The van der Waals surface area contributed by atoms with Crippen molar-refractivity contribution in [2.45, 2.75) is 206 Å². The number of ketones is 2. The summed E-state index contributed by atoms with van der Waals surface area (Å²) in [5, 5.41) is 55.7. The van der Waals surface area contributed by atoms with E-state index >= 15 is 0 Å². The number of carbonyl (C=O) groups excluding carboxylic acids is 6. The number of aromatic hydroxyl groups is 1. The van der Waals surface area contributed by atoms with E-state index < -0.39 is 95.1 Å². The molecule has 28 nitrogen and oxygen atoms in total. The van der Waals surface area contributed by atoms with E-state index in [0.29, 0.717) is 76.0 Å². The first kappa shape index (κ1) is 76.3. The van der Waals surface area contributed by atoms with Gasteiger partial charge >= 0.3 is 12.2 Å². The number of aryl methyl sites for hydroxylation is 2. The van der Waals surface area contributed by atoms with Crippen molar-refractivity contribution in [1.82, 2.24) is 40.9 Å². The molecule has 11 rings (SSSR count). The van der Waals surface area contributed by atoms with Crippen LogP contribution in [0.25, 0.3) is 0 Å². The Balaban J connectivity index is 0.000000230. The molecule has 4 bridgehead atoms. The molecule has 0 aromatic heterocycles. The number of allylic oxidation sites excluding steroid dienone is 2. The van der Waals surface area contributed by atoms with Gasteiger partial charge in [0, 0.05) is 96.0 Å². The number of nitrogens with zero attached hydrogens (tertiary/aromatic N) is 6. The smallest absolute Gasteiger partial charge is 0.408 e. The van der Waals surface area contributed by atoms with E-state index in [1.54, 1.807) is 76.7 Å². The van der Waals surface area contributed by atoms with E-state index in [0.717, 1.165) is 33.4 Å². The van der Waals surface area contributed by atoms with Crippen LogP contribution in [0.4, 0.5) is 9.59 Å². The number of likely N-dealkylation sites (N-methyl/N-ethyl adjacent to an activating group) is 2. The van der Waals surface area contributed by atoms with Gasteiger partial charge in [0.1, 0.15) is 46.9 Å². The number of carbonyl (C=O) groups is 6. The molecule has 12 atom stereocenters. The van der Waals surface area contributed by atoms with Crippen LogP contribution in [-0.4, -0.2) is 207 Å². The van der Waals surface area contributed by atoms with Crippen LogP contribution in [-0.2, 0) is 57.4 Å². The number of alkyl carbamates (subject to hydrolysis) is 2.